The monoisotopic (exact) mass is 313 g/mol. The molecule has 2 aromatic rings. The summed E-state index contributed by atoms with van der Waals surface area (Å²) in [6, 6.07) is 8.94. The van der Waals surface area contributed by atoms with E-state index >= 15 is 0 Å². The van der Waals surface area contributed by atoms with Gasteiger partial charge in [-0.2, -0.15) is 5.10 Å². The van der Waals surface area contributed by atoms with Crippen molar-refractivity contribution in [2.45, 2.75) is 45.7 Å². The Kier molecular flexibility index (Phi) is 5.13. The standard InChI is InChI=1S/C19H27N3O/c1-15-5-3-6-17(11-15)18-7-4-8-21(12-18)13-19-14-22(9-10-23)20-16(19)2/h3,5-6,11,14,18,23H,4,7-10,12-13H2,1-2H3/t18-/m0/s1. The summed E-state index contributed by atoms with van der Waals surface area (Å²) in [5, 5.41) is 13.5. The van der Waals surface area contributed by atoms with Crippen LogP contribution in [0.25, 0.3) is 0 Å². The van der Waals surface area contributed by atoms with Gasteiger partial charge in [0.1, 0.15) is 0 Å². The fraction of sp³-hybridized carbons (Fsp3) is 0.526. The lowest BCUT2D eigenvalue weighted by Gasteiger charge is -2.33. The third kappa shape index (κ3) is 4.01. The quantitative estimate of drug-likeness (QED) is 0.923. The van der Waals surface area contributed by atoms with E-state index in [0.717, 1.165) is 25.3 Å². The van der Waals surface area contributed by atoms with Crippen molar-refractivity contribution in [2.24, 2.45) is 0 Å². The average Bonchev–Trinajstić information content (AvgIpc) is 2.88. The molecule has 1 aliphatic rings. The van der Waals surface area contributed by atoms with Crippen LogP contribution in [0.1, 0.15) is 41.1 Å². The minimum absolute atomic E-state index is 0.139. The second kappa shape index (κ2) is 7.28. The molecule has 1 aromatic heterocycles. The summed E-state index contributed by atoms with van der Waals surface area (Å²) in [4.78, 5) is 2.55. The lowest BCUT2D eigenvalue weighted by atomic mass is 9.89. The molecule has 1 N–H and O–H groups in total. The first-order chi connectivity index (χ1) is 11.2. The van der Waals surface area contributed by atoms with E-state index in [9.17, 15) is 0 Å². The van der Waals surface area contributed by atoms with Crippen molar-refractivity contribution >= 4 is 0 Å². The van der Waals surface area contributed by atoms with Crippen LogP contribution >= 0.6 is 0 Å². The van der Waals surface area contributed by atoms with Crippen LogP contribution in [0.5, 0.6) is 0 Å². The molecule has 23 heavy (non-hydrogen) atoms. The number of aromatic nitrogens is 2. The van der Waals surface area contributed by atoms with Gasteiger partial charge in [0.25, 0.3) is 0 Å². The fourth-order valence-electron chi connectivity index (χ4n) is 3.57. The summed E-state index contributed by atoms with van der Waals surface area (Å²) < 4.78 is 1.85. The zero-order chi connectivity index (χ0) is 16.2. The second-order valence-electron chi connectivity index (χ2n) is 6.71. The van der Waals surface area contributed by atoms with Crippen LogP contribution < -0.4 is 0 Å². The van der Waals surface area contributed by atoms with Gasteiger partial charge in [0.05, 0.1) is 18.8 Å². The van der Waals surface area contributed by atoms with E-state index < -0.39 is 0 Å². The summed E-state index contributed by atoms with van der Waals surface area (Å²) in [6.07, 6.45) is 4.62. The molecule has 0 saturated carbocycles. The van der Waals surface area contributed by atoms with Crippen LogP contribution in [-0.4, -0.2) is 39.5 Å². The van der Waals surface area contributed by atoms with Gasteiger partial charge in [-0.1, -0.05) is 29.8 Å². The number of aryl methyl sites for hydroxylation is 2. The Bertz CT molecular complexity index is 650. The first-order valence-corrected chi connectivity index (χ1v) is 8.58. The second-order valence-corrected chi connectivity index (χ2v) is 6.71. The molecule has 0 amide bonds. The van der Waals surface area contributed by atoms with Crippen molar-refractivity contribution < 1.29 is 5.11 Å². The molecule has 0 unspecified atom stereocenters. The molecule has 1 aromatic carbocycles. The molecular weight excluding hydrogens is 286 g/mol. The molecule has 0 spiro atoms. The van der Waals surface area contributed by atoms with E-state index in [4.69, 9.17) is 5.11 Å². The Balaban J connectivity index is 1.67. The normalized spacial score (nSPS) is 19.2. The molecule has 3 rings (SSSR count). The summed E-state index contributed by atoms with van der Waals surface area (Å²) >= 11 is 0. The van der Waals surface area contributed by atoms with Crippen molar-refractivity contribution in [3.63, 3.8) is 0 Å². The summed E-state index contributed by atoms with van der Waals surface area (Å²) in [5.41, 5.74) is 5.18. The molecule has 2 heterocycles. The Hall–Kier alpha value is -1.65. The molecule has 0 radical (unpaired) electrons. The van der Waals surface area contributed by atoms with Crippen LogP contribution in [-0.2, 0) is 13.1 Å². The van der Waals surface area contributed by atoms with Crippen LogP contribution in [0, 0.1) is 13.8 Å². The number of aliphatic hydroxyl groups is 1. The zero-order valence-electron chi connectivity index (χ0n) is 14.2. The summed E-state index contributed by atoms with van der Waals surface area (Å²) in [6.45, 7) is 8.18. The van der Waals surface area contributed by atoms with E-state index in [-0.39, 0.29) is 6.61 Å². The molecule has 1 saturated heterocycles. The maximum Gasteiger partial charge on any atom is 0.0641 e. The molecular formula is C19H27N3O. The highest BCUT2D eigenvalue weighted by molar-refractivity contribution is 5.26. The van der Waals surface area contributed by atoms with Gasteiger partial charge in [0, 0.05) is 24.8 Å². The lowest BCUT2D eigenvalue weighted by molar-refractivity contribution is 0.200. The fourth-order valence-corrected chi connectivity index (χ4v) is 3.57. The van der Waals surface area contributed by atoms with Crippen LogP contribution in [0.3, 0.4) is 0 Å². The molecule has 124 valence electrons. The third-order valence-corrected chi connectivity index (χ3v) is 4.79. The summed E-state index contributed by atoms with van der Waals surface area (Å²) in [5.74, 6) is 0.636. The highest BCUT2D eigenvalue weighted by atomic mass is 16.3. The van der Waals surface area contributed by atoms with Gasteiger partial charge < -0.3 is 5.11 Å². The lowest BCUT2D eigenvalue weighted by Crippen LogP contribution is -2.34. The van der Waals surface area contributed by atoms with Gasteiger partial charge in [-0.05, 0) is 44.7 Å². The number of aliphatic hydroxyl groups excluding tert-OH is 1. The molecule has 1 atom stereocenters. The average molecular weight is 313 g/mol. The number of likely N-dealkylation sites (tertiary alicyclic amines) is 1. The minimum atomic E-state index is 0.139. The molecule has 0 bridgehead atoms. The van der Waals surface area contributed by atoms with Gasteiger partial charge in [0.2, 0.25) is 0 Å². The molecule has 4 heteroatoms. The first-order valence-electron chi connectivity index (χ1n) is 8.58. The SMILES string of the molecule is Cc1cccc([C@H]2CCCN(Cc3cn(CCO)nc3C)C2)c1. The summed E-state index contributed by atoms with van der Waals surface area (Å²) in [7, 11) is 0. The maximum atomic E-state index is 9.05. The van der Waals surface area contributed by atoms with Gasteiger partial charge in [-0.25, -0.2) is 0 Å². The smallest absolute Gasteiger partial charge is 0.0641 e. The largest absolute Gasteiger partial charge is 0.394 e. The predicted molar refractivity (Wildman–Crippen MR) is 92.5 cm³/mol. The van der Waals surface area contributed by atoms with Crippen molar-refractivity contribution in [2.75, 3.05) is 19.7 Å². The van der Waals surface area contributed by atoms with Gasteiger partial charge in [0.15, 0.2) is 0 Å². The highest BCUT2D eigenvalue weighted by Gasteiger charge is 2.22. The van der Waals surface area contributed by atoms with E-state index in [1.807, 2.05) is 4.68 Å². The number of piperidine rings is 1. The van der Waals surface area contributed by atoms with Crippen molar-refractivity contribution in [3.05, 3.63) is 52.8 Å². The first kappa shape index (κ1) is 16.2. The molecule has 1 fully saturated rings. The van der Waals surface area contributed by atoms with Crippen molar-refractivity contribution in [1.29, 1.82) is 0 Å². The van der Waals surface area contributed by atoms with E-state index in [1.165, 1.54) is 29.5 Å². The van der Waals surface area contributed by atoms with Crippen LogP contribution in [0.2, 0.25) is 0 Å². The van der Waals surface area contributed by atoms with Crippen molar-refractivity contribution in [3.8, 4) is 0 Å². The highest BCUT2D eigenvalue weighted by Crippen LogP contribution is 2.28. The number of rotatable bonds is 5. The van der Waals surface area contributed by atoms with E-state index in [1.54, 1.807) is 0 Å². The number of benzene rings is 1. The van der Waals surface area contributed by atoms with Crippen LogP contribution in [0.15, 0.2) is 30.5 Å². The van der Waals surface area contributed by atoms with Gasteiger partial charge in [-0.15, -0.1) is 0 Å². The van der Waals surface area contributed by atoms with E-state index in [0.29, 0.717) is 12.5 Å². The Morgan fingerprint density at radius 1 is 1.30 bits per heavy atom. The number of nitrogens with zero attached hydrogens (tertiary/aromatic N) is 3. The Labute approximate surface area is 138 Å². The third-order valence-electron chi connectivity index (χ3n) is 4.79. The molecule has 1 aliphatic heterocycles. The van der Waals surface area contributed by atoms with Gasteiger partial charge in [-0.3, -0.25) is 9.58 Å². The Morgan fingerprint density at radius 3 is 2.96 bits per heavy atom. The number of hydrogen-bond donors (Lipinski definition) is 1. The van der Waals surface area contributed by atoms with Crippen molar-refractivity contribution in [1.82, 2.24) is 14.7 Å². The minimum Gasteiger partial charge on any atom is -0.394 e. The predicted octanol–water partition coefficient (Wildman–Crippen LogP) is 2.87. The van der Waals surface area contributed by atoms with Gasteiger partial charge >= 0.3 is 0 Å². The topological polar surface area (TPSA) is 41.3 Å². The van der Waals surface area contributed by atoms with E-state index in [2.05, 4.69) is 54.3 Å². The number of hydrogen-bond acceptors (Lipinski definition) is 3. The zero-order valence-corrected chi connectivity index (χ0v) is 14.2. The molecule has 4 nitrogen and oxygen atoms in total. The molecule has 0 aliphatic carbocycles. The van der Waals surface area contributed by atoms with Crippen LogP contribution in [0.4, 0.5) is 0 Å². The Morgan fingerprint density at radius 2 is 2.17 bits per heavy atom. The maximum absolute atomic E-state index is 9.05.